The Morgan fingerprint density at radius 1 is 1.31 bits per heavy atom. The van der Waals surface area contributed by atoms with Gasteiger partial charge in [0.25, 0.3) is 0 Å². The molecule has 144 valence electrons. The molecule has 8 heteroatoms. The van der Waals surface area contributed by atoms with Gasteiger partial charge in [0.05, 0.1) is 34.6 Å². The molecule has 0 radical (unpaired) electrons. The van der Waals surface area contributed by atoms with E-state index < -0.39 is 18.2 Å². The summed E-state index contributed by atoms with van der Waals surface area (Å²) in [5, 5.41) is 20.1. The van der Waals surface area contributed by atoms with E-state index in [2.05, 4.69) is 4.98 Å². The van der Waals surface area contributed by atoms with Crippen LogP contribution in [0.4, 0.5) is 0 Å². The minimum absolute atomic E-state index is 0.00797. The highest BCUT2D eigenvalue weighted by Gasteiger charge is 2.28. The highest BCUT2D eigenvalue weighted by Crippen LogP contribution is 2.27. The maximum Gasteiger partial charge on any atom is 0.357 e. The second kappa shape index (κ2) is 9.92. The van der Waals surface area contributed by atoms with E-state index in [1.165, 1.54) is 17.8 Å². The number of benzene rings is 1. The van der Waals surface area contributed by atoms with Gasteiger partial charge in [0.1, 0.15) is 6.33 Å². The van der Waals surface area contributed by atoms with Gasteiger partial charge in [-0.3, -0.25) is 4.57 Å². The standard InChI is InChI=1S/C16H18Cl2N2O4.C2H6/c1-3-24-15(22)14-13(7-16(2,23)8-21)19-9-20(14)10-4-5-11(17)12(18)6-10;1-2/h4-6,9,21,23H,3,7-8H2,1-2H3;1-2H3. The first kappa shape index (κ1) is 22.4. The predicted molar refractivity (Wildman–Crippen MR) is 102 cm³/mol. The summed E-state index contributed by atoms with van der Waals surface area (Å²) in [4.78, 5) is 16.6. The quantitative estimate of drug-likeness (QED) is 0.719. The topological polar surface area (TPSA) is 84.6 Å². The molecule has 6 nitrogen and oxygen atoms in total. The Bertz CT molecular complexity index is 745. The lowest BCUT2D eigenvalue weighted by Gasteiger charge is -2.19. The number of rotatable bonds is 6. The van der Waals surface area contributed by atoms with E-state index >= 15 is 0 Å². The fourth-order valence-electron chi connectivity index (χ4n) is 2.18. The Labute approximate surface area is 163 Å². The van der Waals surface area contributed by atoms with Crippen LogP contribution in [-0.4, -0.2) is 44.5 Å². The van der Waals surface area contributed by atoms with E-state index in [0.717, 1.165) is 0 Å². The van der Waals surface area contributed by atoms with Crippen molar-refractivity contribution in [2.75, 3.05) is 13.2 Å². The third-order valence-electron chi connectivity index (χ3n) is 3.38. The molecule has 1 unspecified atom stereocenters. The summed E-state index contributed by atoms with van der Waals surface area (Å²) in [6, 6.07) is 4.90. The van der Waals surface area contributed by atoms with E-state index in [0.29, 0.717) is 21.4 Å². The van der Waals surface area contributed by atoms with Crippen molar-refractivity contribution in [3.8, 4) is 5.69 Å². The maximum atomic E-state index is 12.4. The van der Waals surface area contributed by atoms with Gasteiger partial charge in [-0.05, 0) is 32.0 Å². The molecule has 1 atom stereocenters. The van der Waals surface area contributed by atoms with E-state index in [1.807, 2.05) is 13.8 Å². The highest BCUT2D eigenvalue weighted by molar-refractivity contribution is 6.42. The number of hydrogen-bond acceptors (Lipinski definition) is 5. The van der Waals surface area contributed by atoms with Crippen LogP contribution in [0.15, 0.2) is 24.5 Å². The number of esters is 1. The summed E-state index contributed by atoms with van der Waals surface area (Å²) in [6.07, 6.45) is 1.43. The van der Waals surface area contributed by atoms with E-state index in [9.17, 15) is 15.0 Å². The Morgan fingerprint density at radius 2 is 1.96 bits per heavy atom. The van der Waals surface area contributed by atoms with Gasteiger partial charge in [0.2, 0.25) is 0 Å². The summed E-state index contributed by atoms with van der Waals surface area (Å²) in [7, 11) is 0. The molecule has 0 aliphatic carbocycles. The fraction of sp³-hybridized carbons (Fsp3) is 0.444. The van der Waals surface area contributed by atoms with Crippen molar-refractivity contribution in [3.05, 3.63) is 46.0 Å². The van der Waals surface area contributed by atoms with E-state index in [4.69, 9.17) is 27.9 Å². The summed E-state index contributed by atoms with van der Waals surface area (Å²) in [5.41, 5.74) is -0.338. The van der Waals surface area contributed by atoms with Crippen LogP contribution in [0.5, 0.6) is 0 Å². The van der Waals surface area contributed by atoms with E-state index in [-0.39, 0.29) is 18.7 Å². The monoisotopic (exact) mass is 402 g/mol. The first-order chi connectivity index (χ1) is 12.3. The van der Waals surface area contributed by atoms with Crippen LogP contribution in [0.1, 0.15) is 43.9 Å². The second-order valence-corrected chi connectivity index (χ2v) is 6.37. The molecule has 2 N–H and O–H groups in total. The Kier molecular flexibility index (Phi) is 8.56. The van der Waals surface area contributed by atoms with Gasteiger partial charge in [0.15, 0.2) is 5.69 Å². The smallest absolute Gasteiger partial charge is 0.357 e. The molecular weight excluding hydrogens is 379 g/mol. The fourth-order valence-corrected chi connectivity index (χ4v) is 2.47. The number of halogens is 2. The zero-order valence-electron chi connectivity index (χ0n) is 15.3. The number of nitrogens with zero attached hydrogens (tertiary/aromatic N) is 2. The predicted octanol–water partition coefficient (Wildman–Crippen LogP) is 3.67. The lowest BCUT2D eigenvalue weighted by atomic mass is 10.0. The summed E-state index contributed by atoms with van der Waals surface area (Å²) in [5.74, 6) is -0.579. The Morgan fingerprint density at radius 3 is 2.50 bits per heavy atom. The van der Waals surface area contributed by atoms with Gasteiger partial charge in [0, 0.05) is 12.1 Å². The summed E-state index contributed by atoms with van der Waals surface area (Å²) < 4.78 is 6.61. The average molecular weight is 403 g/mol. The van der Waals surface area contributed by atoms with Crippen molar-refractivity contribution < 1.29 is 19.7 Å². The van der Waals surface area contributed by atoms with Gasteiger partial charge in [-0.25, -0.2) is 9.78 Å². The zero-order chi connectivity index (χ0) is 19.9. The molecule has 0 spiro atoms. The van der Waals surface area contributed by atoms with Crippen LogP contribution in [-0.2, 0) is 11.2 Å². The van der Waals surface area contributed by atoms with Gasteiger partial charge in [-0.15, -0.1) is 0 Å². The number of carbonyl (C=O) groups excluding carboxylic acids is 1. The molecule has 0 aliphatic heterocycles. The van der Waals surface area contributed by atoms with Crippen molar-refractivity contribution in [3.63, 3.8) is 0 Å². The molecule has 1 aromatic heterocycles. The maximum absolute atomic E-state index is 12.4. The van der Waals surface area contributed by atoms with Crippen LogP contribution in [0.2, 0.25) is 10.0 Å². The first-order valence-corrected chi connectivity index (χ1v) is 9.06. The third-order valence-corrected chi connectivity index (χ3v) is 4.12. The minimum atomic E-state index is -1.40. The van der Waals surface area contributed by atoms with Gasteiger partial charge in [-0.2, -0.15) is 0 Å². The van der Waals surface area contributed by atoms with Gasteiger partial charge < -0.3 is 14.9 Å². The van der Waals surface area contributed by atoms with Gasteiger partial charge in [-0.1, -0.05) is 37.0 Å². The Hall–Kier alpha value is -1.60. The first-order valence-electron chi connectivity index (χ1n) is 8.31. The lowest BCUT2D eigenvalue weighted by Crippen LogP contribution is -2.32. The summed E-state index contributed by atoms with van der Waals surface area (Å²) in [6.45, 7) is 6.89. The van der Waals surface area contributed by atoms with Crippen LogP contribution < -0.4 is 0 Å². The van der Waals surface area contributed by atoms with E-state index in [1.54, 1.807) is 25.1 Å². The Balaban J connectivity index is 0.00000163. The number of aliphatic hydroxyl groups excluding tert-OH is 1. The number of carbonyl (C=O) groups is 1. The normalized spacial score (nSPS) is 12.8. The minimum Gasteiger partial charge on any atom is -0.461 e. The number of aromatic nitrogens is 2. The molecule has 1 heterocycles. The van der Waals surface area contributed by atoms with Crippen molar-refractivity contribution in [1.29, 1.82) is 0 Å². The molecule has 0 amide bonds. The van der Waals surface area contributed by atoms with Crippen molar-refractivity contribution in [1.82, 2.24) is 9.55 Å². The molecule has 0 bridgehead atoms. The average Bonchev–Trinajstić information content (AvgIpc) is 3.02. The molecule has 0 aliphatic rings. The summed E-state index contributed by atoms with van der Waals surface area (Å²) >= 11 is 12.0. The SMILES string of the molecule is CC.CCOC(=O)c1c(CC(C)(O)CO)ncn1-c1ccc(Cl)c(Cl)c1. The molecular formula is C18H24Cl2N2O4. The molecule has 2 rings (SSSR count). The molecule has 0 saturated heterocycles. The van der Waals surface area contributed by atoms with Crippen molar-refractivity contribution >= 4 is 29.2 Å². The van der Waals surface area contributed by atoms with Crippen LogP contribution >= 0.6 is 23.2 Å². The van der Waals surface area contributed by atoms with Gasteiger partial charge >= 0.3 is 5.97 Å². The number of aliphatic hydroxyl groups is 2. The molecule has 26 heavy (non-hydrogen) atoms. The molecule has 0 saturated carbocycles. The van der Waals surface area contributed by atoms with Crippen LogP contribution in [0, 0.1) is 0 Å². The largest absolute Gasteiger partial charge is 0.461 e. The van der Waals surface area contributed by atoms with Crippen LogP contribution in [0.3, 0.4) is 0 Å². The lowest BCUT2D eigenvalue weighted by molar-refractivity contribution is 0.00134. The highest BCUT2D eigenvalue weighted by atomic mass is 35.5. The second-order valence-electron chi connectivity index (χ2n) is 5.56. The number of imidazole rings is 1. The van der Waals surface area contributed by atoms with Crippen LogP contribution in [0.25, 0.3) is 5.69 Å². The molecule has 1 aromatic carbocycles. The molecule has 0 fully saturated rings. The number of ether oxygens (including phenoxy) is 1. The third kappa shape index (κ3) is 5.45. The number of hydrogen-bond donors (Lipinski definition) is 2. The van der Waals surface area contributed by atoms with Crippen molar-refractivity contribution in [2.45, 2.75) is 39.7 Å². The van der Waals surface area contributed by atoms with Crippen molar-refractivity contribution in [2.24, 2.45) is 0 Å². The molecule has 2 aromatic rings. The zero-order valence-corrected chi connectivity index (χ0v) is 16.8.